The maximum atomic E-state index is 13.7. The van der Waals surface area contributed by atoms with Gasteiger partial charge in [0, 0.05) is 18.0 Å². The third kappa shape index (κ3) is 7.23. The highest BCUT2D eigenvalue weighted by Gasteiger charge is 2.37. The van der Waals surface area contributed by atoms with Gasteiger partial charge in [-0.15, -0.1) is 0 Å². The van der Waals surface area contributed by atoms with Crippen LogP contribution >= 0.6 is 0 Å². The Labute approximate surface area is 279 Å². The van der Waals surface area contributed by atoms with E-state index in [-0.39, 0.29) is 43.2 Å². The fraction of sp³-hybridized carbons (Fsp3) is 0.175. The molecule has 0 saturated heterocycles. The van der Waals surface area contributed by atoms with E-state index in [1.807, 2.05) is 115 Å². The maximum absolute atomic E-state index is 13.7. The molecule has 0 radical (unpaired) electrons. The molecule has 0 saturated carbocycles. The van der Waals surface area contributed by atoms with E-state index in [0.29, 0.717) is 28.5 Å². The van der Waals surface area contributed by atoms with Crippen LogP contribution in [0.3, 0.4) is 0 Å². The van der Waals surface area contributed by atoms with Gasteiger partial charge in [-0.1, -0.05) is 91.0 Å². The number of allylic oxidation sites excluding steroid dienone is 1. The standard InChI is InChI=1S/C40H36N2O6/c1-3-46-40(45)37-27(2)42(36(43)25-34(37)30-18-13-21-32(24-30)47-31-19-11-6-12-20-31)26-33-22-23-35(48-33)39(44)41-38(28-14-7-4-8-15-28)29-16-9-5-10-17-29/h4-24,34,38H,3,25-26H2,1-2H3,(H,41,44). The highest BCUT2D eigenvalue weighted by atomic mass is 16.5. The van der Waals surface area contributed by atoms with Crippen molar-refractivity contribution in [3.63, 3.8) is 0 Å². The van der Waals surface area contributed by atoms with Gasteiger partial charge in [0.15, 0.2) is 5.76 Å². The molecular weight excluding hydrogens is 604 g/mol. The number of furan rings is 1. The molecule has 0 spiro atoms. The molecule has 1 aromatic heterocycles. The Morgan fingerprint density at radius 1 is 0.833 bits per heavy atom. The number of carbonyl (C=O) groups excluding carboxylic acids is 3. The zero-order chi connectivity index (χ0) is 33.5. The van der Waals surface area contributed by atoms with Crippen LogP contribution in [-0.2, 0) is 20.9 Å². The number of rotatable bonds is 11. The lowest BCUT2D eigenvalue weighted by molar-refractivity contribution is -0.140. The average Bonchev–Trinajstić information content (AvgIpc) is 3.59. The molecule has 1 aliphatic heterocycles. The summed E-state index contributed by atoms with van der Waals surface area (Å²) in [5.41, 5.74) is 3.50. The van der Waals surface area contributed by atoms with Gasteiger partial charge in [-0.2, -0.15) is 0 Å². The third-order valence-corrected chi connectivity index (χ3v) is 8.30. The summed E-state index contributed by atoms with van der Waals surface area (Å²) in [6, 6.07) is 39.1. The number of esters is 1. The number of amides is 2. The van der Waals surface area contributed by atoms with E-state index >= 15 is 0 Å². The monoisotopic (exact) mass is 640 g/mol. The minimum atomic E-state index is -0.530. The van der Waals surface area contributed by atoms with Crippen LogP contribution in [-0.4, -0.2) is 29.3 Å². The molecule has 0 bridgehead atoms. The second kappa shape index (κ2) is 14.7. The topological polar surface area (TPSA) is 98.1 Å². The molecule has 4 aromatic carbocycles. The number of para-hydroxylation sites is 1. The van der Waals surface area contributed by atoms with Gasteiger partial charge < -0.3 is 24.1 Å². The van der Waals surface area contributed by atoms with Crippen LogP contribution in [0.2, 0.25) is 0 Å². The van der Waals surface area contributed by atoms with Crippen LogP contribution in [0, 0.1) is 0 Å². The quantitative estimate of drug-likeness (QED) is 0.147. The second-order valence-corrected chi connectivity index (χ2v) is 11.4. The largest absolute Gasteiger partial charge is 0.463 e. The minimum absolute atomic E-state index is 0.0458. The molecule has 8 heteroatoms. The zero-order valence-corrected chi connectivity index (χ0v) is 26.8. The first kappa shape index (κ1) is 32.1. The Kier molecular flexibility index (Phi) is 9.81. The molecule has 6 rings (SSSR count). The summed E-state index contributed by atoms with van der Waals surface area (Å²) in [7, 11) is 0. The minimum Gasteiger partial charge on any atom is -0.463 e. The summed E-state index contributed by atoms with van der Waals surface area (Å²) in [6.07, 6.45) is 0.0458. The number of hydrogen-bond donors (Lipinski definition) is 1. The number of ether oxygens (including phenoxy) is 2. The van der Waals surface area contributed by atoms with Crippen molar-refractivity contribution in [3.05, 3.63) is 167 Å². The van der Waals surface area contributed by atoms with Crippen molar-refractivity contribution >= 4 is 17.8 Å². The van der Waals surface area contributed by atoms with Crippen molar-refractivity contribution in [1.29, 1.82) is 0 Å². The van der Waals surface area contributed by atoms with Crippen LogP contribution in [0.15, 0.2) is 143 Å². The molecule has 1 aliphatic rings. The van der Waals surface area contributed by atoms with Crippen molar-refractivity contribution in [2.24, 2.45) is 0 Å². The molecule has 1 unspecified atom stereocenters. The van der Waals surface area contributed by atoms with Crippen LogP contribution in [0.5, 0.6) is 11.5 Å². The van der Waals surface area contributed by atoms with E-state index < -0.39 is 11.9 Å². The molecule has 5 aromatic rings. The van der Waals surface area contributed by atoms with Crippen molar-refractivity contribution in [2.45, 2.75) is 38.8 Å². The highest BCUT2D eigenvalue weighted by Crippen LogP contribution is 2.39. The van der Waals surface area contributed by atoms with Crippen molar-refractivity contribution in [2.75, 3.05) is 6.61 Å². The van der Waals surface area contributed by atoms with Gasteiger partial charge in [-0.25, -0.2) is 4.79 Å². The van der Waals surface area contributed by atoms with Crippen LogP contribution in [0.1, 0.15) is 65.2 Å². The molecule has 1 atom stereocenters. The lowest BCUT2D eigenvalue weighted by Crippen LogP contribution is -2.38. The average molecular weight is 641 g/mol. The number of carbonyl (C=O) groups is 3. The first-order chi connectivity index (χ1) is 23.4. The van der Waals surface area contributed by atoms with Gasteiger partial charge in [0.2, 0.25) is 5.91 Å². The SMILES string of the molecule is CCOC(=O)C1=C(C)N(Cc2ccc(C(=O)NC(c3ccccc3)c3ccccc3)o2)C(=O)CC1c1cccc(Oc2ccccc2)c1. The number of benzene rings is 4. The summed E-state index contributed by atoms with van der Waals surface area (Å²) in [4.78, 5) is 42.0. The number of hydrogen-bond acceptors (Lipinski definition) is 6. The van der Waals surface area contributed by atoms with Gasteiger partial charge in [0.05, 0.1) is 24.8 Å². The lowest BCUT2D eigenvalue weighted by Gasteiger charge is -2.34. The molecule has 48 heavy (non-hydrogen) atoms. The zero-order valence-electron chi connectivity index (χ0n) is 26.8. The summed E-state index contributed by atoms with van der Waals surface area (Å²) in [5, 5.41) is 3.09. The molecular formula is C40H36N2O6. The highest BCUT2D eigenvalue weighted by molar-refractivity contribution is 5.96. The predicted octanol–water partition coefficient (Wildman–Crippen LogP) is 7.94. The van der Waals surface area contributed by atoms with E-state index in [1.54, 1.807) is 26.0 Å². The lowest BCUT2D eigenvalue weighted by atomic mass is 9.83. The van der Waals surface area contributed by atoms with Crippen LogP contribution in [0.25, 0.3) is 0 Å². The molecule has 2 heterocycles. The van der Waals surface area contributed by atoms with Crippen molar-refractivity contribution in [3.8, 4) is 11.5 Å². The maximum Gasteiger partial charge on any atom is 0.336 e. The van der Waals surface area contributed by atoms with Gasteiger partial charge >= 0.3 is 5.97 Å². The smallest absolute Gasteiger partial charge is 0.336 e. The molecule has 242 valence electrons. The Balaban J connectivity index is 1.23. The molecule has 1 N–H and O–H groups in total. The van der Waals surface area contributed by atoms with Gasteiger partial charge in [-0.3, -0.25) is 9.59 Å². The Morgan fingerprint density at radius 3 is 2.10 bits per heavy atom. The molecule has 8 nitrogen and oxygen atoms in total. The summed E-state index contributed by atoms with van der Waals surface area (Å²) in [5.74, 6) is 0.210. The Hall–Kier alpha value is -5.89. The van der Waals surface area contributed by atoms with E-state index in [0.717, 1.165) is 16.7 Å². The van der Waals surface area contributed by atoms with E-state index in [9.17, 15) is 14.4 Å². The normalized spacial score (nSPS) is 14.6. The number of nitrogens with one attached hydrogen (secondary N) is 1. The van der Waals surface area contributed by atoms with Gasteiger partial charge in [-0.05, 0) is 66.9 Å². The molecule has 0 fully saturated rings. The Bertz CT molecular complexity index is 1880. The first-order valence-corrected chi connectivity index (χ1v) is 15.9. The van der Waals surface area contributed by atoms with Crippen LogP contribution < -0.4 is 10.1 Å². The number of nitrogens with zero attached hydrogens (tertiary/aromatic N) is 1. The summed E-state index contributed by atoms with van der Waals surface area (Å²) in [6.45, 7) is 3.72. The summed E-state index contributed by atoms with van der Waals surface area (Å²) < 4.78 is 17.5. The predicted molar refractivity (Wildman–Crippen MR) is 181 cm³/mol. The van der Waals surface area contributed by atoms with E-state index in [2.05, 4.69) is 5.32 Å². The van der Waals surface area contributed by atoms with Crippen LogP contribution in [0.4, 0.5) is 0 Å². The van der Waals surface area contributed by atoms with E-state index in [1.165, 1.54) is 4.90 Å². The molecule has 0 aliphatic carbocycles. The first-order valence-electron chi connectivity index (χ1n) is 15.9. The van der Waals surface area contributed by atoms with Gasteiger partial charge in [0.25, 0.3) is 5.91 Å². The van der Waals surface area contributed by atoms with Gasteiger partial charge in [0.1, 0.15) is 17.3 Å². The summed E-state index contributed by atoms with van der Waals surface area (Å²) >= 11 is 0. The van der Waals surface area contributed by atoms with Crippen molar-refractivity contribution < 1.29 is 28.3 Å². The third-order valence-electron chi connectivity index (χ3n) is 8.30. The fourth-order valence-corrected chi connectivity index (χ4v) is 5.97. The van der Waals surface area contributed by atoms with E-state index in [4.69, 9.17) is 13.9 Å². The van der Waals surface area contributed by atoms with Crippen molar-refractivity contribution in [1.82, 2.24) is 10.2 Å². The molecule has 2 amide bonds. The fourth-order valence-electron chi connectivity index (χ4n) is 5.97. The second-order valence-electron chi connectivity index (χ2n) is 11.4. The Morgan fingerprint density at radius 2 is 1.46 bits per heavy atom.